The van der Waals surface area contributed by atoms with E-state index in [1.54, 1.807) is 25.3 Å². The summed E-state index contributed by atoms with van der Waals surface area (Å²) in [7, 11) is 1.65. The highest BCUT2D eigenvalue weighted by Crippen LogP contribution is 2.18. The average Bonchev–Trinajstić information content (AvgIpc) is 2.41. The van der Waals surface area contributed by atoms with Crippen LogP contribution in [0.2, 0.25) is 0 Å². The van der Waals surface area contributed by atoms with Crippen molar-refractivity contribution in [3.63, 3.8) is 0 Å². The smallest absolute Gasteiger partial charge is 0.414 e. The van der Waals surface area contributed by atoms with Gasteiger partial charge in [0.05, 0.1) is 0 Å². The van der Waals surface area contributed by atoms with E-state index in [0.717, 1.165) is 5.56 Å². The first-order chi connectivity index (χ1) is 10.9. The van der Waals surface area contributed by atoms with Crippen LogP contribution in [0.1, 0.15) is 47.1 Å². The normalized spacial score (nSPS) is 12.1. The lowest BCUT2D eigenvalue weighted by Crippen LogP contribution is -2.34. The van der Waals surface area contributed by atoms with Gasteiger partial charge in [0.25, 0.3) is 0 Å². The number of esters is 1. The Labute approximate surface area is 144 Å². The number of hydrogen-bond donors (Lipinski definition) is 0. The van der Waals surface area contributed by atoms with E-state index in [2.05, 4.69) is 0 Å². The molecule has 0 heterocycles. The van der Waals surface area contributed by atoms with E-state index >= 15 is 0 Å². The molecule has 0 fully saturated rings. The summed E-state index contributed by atoms with van der Waals surface area (Å²) in [4.78, 5) is 25.1. The summed E-state index contributed by atoms with van der Waals surface area (Å²) in [6, 6.07) is 7.21. The van der Waals surface area contributed by atoms with Gasteiger partial charge in [-0.15, -0.1) is 0 Å². The Hall–Kier alpha value is -2.30. The number of carbonyl (C=O) groups is 2. The zero-order valence-electron chi connectivity index (χ0n) is 15.5. The van der Waals surface area contributed by atoms with Gasteiger partial charge in [-0.1, -0.05) is 12.1 Å². The maximum absolute atomic E-state index is 12.0. The van der Waals surface area contributed by atoms with Gasteiger partial charge in [-0.3, -0.25) is 4.90 Å². The lowest BCUT2D eigenvalue weighted by molar-refractivity contribution is -0.148. The second-order valence-electron chi connectivity index (χ2n) is 7.50. The van der Waals surface area contributed by atoms with Crippen molar-refractivity contribution in [2.75, 3.05) is 11.9 Å². The molecule has 24 heavy (non-hydrogen) atoms. The second-order valence-corrected chi connectivity index (χ2v) is 7.50. The largest absolute Gasteiger partial charge is 0.457 e. The fourth-order valence-corrected chi connectivity index (χ4v) is 1.74. The van der Waals surface area contributed by atoms with E-state index in [0.29, 0.717) is 5.69 Å². The molecule has 0 aliphatic carbocycles. The van der Waals surface area contributed by atoms with Crippen LogP contribution in [0.4, 0.5) is 10.5 Å². The van der Waals surface area contributed by atoms with Gasteiger partial charge in [-0.25, -0.2) is 9.59 Å². The molecule has 0 spiro atoms. The molecule has 0 unspecified atom stereocenters. The van der Waals surface area contributed by atoms with Gasteiger partial charge >= 0.3 is 12.1 Å². The SMILES string of the molecule is CN(C(=O)OC(C)(C)C)c1ccc(C=CC(=O)OC(C)(C)C)cc1. The molecule has 0 N–H and O–H groups in total. The van der Waals surface area contributed by atoms with Gasteiger partial charge in [-0.2, -0.15) is 0 Å². The maximum Gasteiger partial charge on any atom is 0.414 e. The molecule has 0 aliphatic heterocycles. The number of amides is 1. The standard InChI is InChI=1S/C19H27NO4/c1-18(2,3)23-16(21)13-10-14-8-11-15(12-9-14)20(7)17(22)24-19(4,5)6/h8-13H,1-7H3. The fourth-order valence-electron chi connectivity index (χ4n) is 1.74. The molecule has 0 bridgehead atoms. The topological polar surface area (TPSA) is 55.8 Å². The van der Waals surface area contributed by atoms with E-state index < -0.39 is 23.3 Å². The first-order valence-electron chi connectivity index (χ1n) is 7.85. The quantitative estimate of drug-likeness (QED) is 0.607. The Kier molecular flexibility index (Phi) is 6.18. The number of anilines is 1. The second kappa shape index (κ2) is 7.51. The van der Waals surface area contributed by atoms with Crippen LogP contribution in [0.25, 0.3) is 6.08 Å². The van der Waals surface area contributed by atoms with Crippen LogP contribution in [0.5, 0.6) is 0 Å². The molecule has 0 radical (unpaired) electrons. The summed E-state index contributed by atoms with van der Waals surface area (Å²) in [5.41, 5.74) is 0.490. The molecule has 1 amide bonds. The summed E-state index contributed by atoms with van der Waals surface area (Å²) >= 11 is 0. The van der Waals surface area contributed by atoms with E-state index in [4.69, 9.17) is 9.47 Å². The highest BCUT2D eigenvalue weighted by atomic mass is 16.6. The van der Waals surface area contributed by atoms with E-state index in [9.17, 15) is 9.59 Å². The van der Waals surface area contributed by atoms with Gasteiger partial charge in [0, 0.05) is 18.8 Å². The predicted molar refractivity (Wildman–Crippen MR) is 96.0 cm³/mol. The third-order valence-electron chi connectivity index (χ3n) is 2.77. The fraction of sp³-hybridized carbons (Fsp3) is 0.474. The third kappa shape index (κ3) is 7.31. The Morgan fingerprint density at radius 1 is 0.917 bits per heavy atom. The molecule has 0 aliphatic rings. The highest BCUT2D eigenvalue weighted by Gasteiger charge is 2.20. The van der Waals surface area contributed by atoms with Crippen LogP contribution >= 0.6 is 0 Å². The van der Waals surface area contributed by atoms with E-state index in [1.807, 2.05) is 53.7 Å². The molecule has 0 saturated heterocycles. The van der Waals surface area contributed by atoms with Crippen LogP contribution in [-0.4, -0.2) is 30.3 Å². The summed E-state index contributed by atoms with van der Waals surface area (Å²) in [5.74, 6) is -0.391. The minimum Gasteiger partial charge on any atom is -0.457 e. The van der Waals surface area contributed by atoms with Crippen molar-refractivity contribution >= 4 is 23.8 Å². The van der Waals surface area contributed by atoms with Gasteiger partial charge in [0.15, 0.2) is 0 Å². The van der Waals surface area contributed by atoms with Crippen molar-refractivity contribution in [3.8, 4) is 0 Å². The third-order valence-corrected chi connectivity index (χ3v) is 2.77. The molecular weight excluding hydrogens is 306 g/mol. The van der Waals surface area contributed by atoms with Gasteiger partial charge in [-0.05, 0) is 65.3 Å². The van der Waals surface area contributed by atoms with Crippen molar-refractivity contribution < 1.29 is 19.1 Å². The summed E-state index contributed by atoms with van der Waals surface area (Å²) in [6.45, 7) is 10.9. The van der Waals surface area contributed by atoms with Crippen molar-refractivity contribution in [2.45, 2.75) is 52.7 Å². The average molecular weight is 333 g/mol. The molecule has 0 saturated carbocycles. The number of hydrogen-bond acceptors (Lipinski definition) is 4. The number of carbonyl (C=O) groups excluding carboxylic acids is 2. The molecule has 0 atom stereocenters. The van der Waals surface area contributed by atoms with Crippen molar-refractivity contribution in [1.29, 1.82) is 0 Å². The minimum absolute atomic E-state index is 0.391. The summed E-state index contributed by atoms with van der Waals surface area (Å²) in [5, 5.41) is 0. The zero-order chi connectivity index (χ0) is 18.5. The first kappa shape index (κ1) is 19.7. The summed E-state index contributed by atoms with van der Waals surface area (Å²) in [6.07, 6.45) is 2.64. The predicted octanol–water partition coefficient (Wildman–Crippen LogP) is 4.41. The van der Waals surface area contributed by atoms with Crippen LogP contribution in [0, 0.1) is 0 Å². The molecule has 5 heteroatoms. The Balaban J connectivity index is 2.72. The van der Waals surface area contributed by atoms with Crippen LogP contribution in [0.15, 0.2) is 30.3 Å². The number of ether oxygens (including phenoxy) is 2. The molecule has 5 nitrogen and oxygen atoms in total. The minimum atomic E-state index is -0.540. The lowest BCUT2D eigenvalue weighted by atomic mass is 10.1. The highest BCUT2D eigenvalue weighted by molar-refractivity contribution is 5.89. The Bertz CT molecular complexity index is 604. The number of benzene rings is 1. The van der Waals surface area contributed by atoms with Gasteiger partial charge in [0.2, 0.25) is 0 Å². The van der Waals surface area contributed by atoms with Crippen LogP contribution in [-0.2, 0) is 14.3 Å². The van der Waals surface area contributed by atoms with Crippen molar-refractivity contribution in [3.05, 3.63) is 35.9 Å². The molecule has 132 valence electrons. The zero-order valence-corrected chi connectivity index (χ0v) is 15.5. The number of rotatable bonds is 3. The Morgan fingerprint density at radius 2 is 1.42 bits per heavy atom. The van der Waals surface area contributed by atoms with Crippen molar-refractivity contribution in [2.24, 2.45) is 0 Å². The van der Waals surface area contributed by atoms with E-state index in [-0.39, 0.29) is 0 Å². The number of nitrogens with zero attached hydrogens (tertiary/aromatic N) is 1. The van der Waals surface area contributed by atoms with Crippen molar-refractivity contribution in [1.82, 2.24) is 0 Å². The van der Waals surface area contributed by atoms with Gasteiger partial charge < -0.3 is 9.47 Å². The molecular formula is C19H27NO4. The molecule has 1 rings (SSSR count). The molecule has 1 aromatic carbocycles. The molecule has 0 aromatic heterocycles. The lowest BCUT2D eigenvalue weighted by Gasteiger charge is -2.24. The van der Waals surface area contributed by atoms with Crippen LogP contribution < -0.4 is 4.90 Å². The summed E-state index contributed by atoms with van der Waals surface area (Å²) < 4.78 is 10.5. The maximum atomic E-state index is 12.0. The Morgan fingerprint density at radius 3 is 1.88 bits per heavy atom. The molecule has 1 aromatic rings. The monoisotopic (exact) mass is 333 g/mol. The van der Waals surface area contributed by atoms with E-state index in [1.165, 1.54) is 11.0 Å². The van der Waals surface area contributed by atoms with Gasteiger partial charge in [0.1, 0.15) is 11.2 Å². The van der Waals surface area contributed by atoms with Crippen LogP contribution in [0.3, 0.4) is 0 Å². The first-order valence-corrected chi connectivity index (χ1v) is 7.85.